The molecule has 7 nitrogen and oxygen atoms in total. The van der Waals surface area contributed by atoms with Crippen molar-refractivity contribution in [3.63, 3.8) is 0 Å². The SMILES string of the molecule is N[C@H](Cc1ccc(O)cc1)c1nc(-c2ccncn2)no1. The molecule has 0 saturated carbocycles. The largest absolute Gasteiger partial charge is 0.508 e. The molecule has 0 aliphatic heterocycles. The highest BCUT2D eigenvalue weighted by molar-refractivity contribution is 5.46. The second kappa shape index (κ2) is 5.68. The van der Waals surface area contributed by atoms with Gasteiger partial charge in [0.25, 0.3) is 0 Å². The van der Waals surface area contributed by atoms with Crippen LogP contribution in [0.4, 0.5) is 0 Å². The molecule has 0 radical (unpaired) electrons. The molecular weight excluding hydrogens is 270 g/mol. The van der Waals surface area contributed by atoms with Crippen molar-refractivity contribution < 1.29 is 9.63 Å². The fraction of sp³-hybridized carbons (Fsp3) is 0.143. The highest BCUT2D eigenvalue weighted by Crippen LogP contribution is 2.19. The van der Waals surface area contributed by atoms with Crippen molar-refractivity contribution in [2.75, 3.05) is 0 Å². The molecule has 7 heteroatoms. The lowest BCUT2D eigenvalue weighted by atomic mass is 10.1. The van der Waals surface area contributed by atoms with Crippen LogP contribution in [0, 0.1) is 0 Å². The Labute approximate surface area is 120 Å². The number of hydrogen-bond acceptors (Lipinski definition) is 7. The van der Waals surface area contributed by atoms with E-state index in [-0.39, 0.29) is 5.75 Å². The average Bonchev–Trinajstić information content (AvgIpc) is 3.00. The number of aromatic nitrogens is 4. The van der Waals surface area contributed by atoms with E-state index in [1.807, 2.05) is 0 Å². The zero-order valence-corrected chi connectivity index (χ0v) is 11.0. The van der Waals surface area contributed by atoms with E-state index >= 15 is 0 Å². The number of nitrogens with zero attached hydrogens (tertiary/aromatic N) is 4. The van der Waals surface area contributed by atoms with Crippen LogP contribution in [0.15, 0.2) is 47.4 Å². The van der Waals surface area contributed by atoms with Gasteiger partial charge in [-0.1, -0.05) is 17.3 Å². The smallest absolute Gasteiger partial charge is 0.244 e. The summed E-state index contributed by atoms with van der Waals surface area (Å²) in [6.45, 7) is 0. The van der Waals surface area contributed by atoms with Gasteiger partial charge >= 0.3 is 0 Å². The fourth-order valence-electron chi connectivity index (χ4n) is 1.89. The highest BCUT2D eigenvalue weighted by atomic mass is 16.5. The van der Waals surface area contributed by atoms with Crippen LogP contribution >= 0.6 is 0 Å². The minimum atomic E-state index is -0.419. The summed E-state index contributed by atoms with van der Waals surface area (Å²) in [5.41, 5.74) is 7.62. The molecule has 3 rings (SSSR count). The van der Waals surface area contributed by atoms with E-state index in [2.05, 4.69) is 20.1 Å². The third-order valence-electron chi connectivity index (χ3n) is 2.96. The first kappa shape index (κ1) is 13.2. The van der Waals surface area contributed by atoms with E-state index in [1.54, 1.807) is 36.5 Å². The van der Waals surface area contributed by atoms with Gasteiger partial charge in [-0.05, 0) is 30.2 Å². The molecule has 0 aliphatic carbocycles. The van der Waals surface area contributed by atoms with Gasteiger partial charge in [-0.3, -0.25) is 0 Å². The molecule has 21 heavy (non-hydrogen) atoms. The van der Waals surface area contributed by atoms with Crippen molar-refractivity contribution in [3.05, 3.63) is 54.3 Å². The van der Waals surface area contributed by atoms with Crippen LogP contribution in [0.25, 0.3) is 11.5 Å². The van der Waals surface area contributed by atoms with Crippen LogP contribution in [0.2, 0.25) is 0 Å². The number of benzene rings is 1. The first-order valence-electron chi connectivity index (χ1n) is 6.36. The van der Waals surface area contributed by atoms with Crippen molar-refractivity contribution in [3.8, 4) is 17.3 Å². The number of nitrogens with two attached hydrogens (primary N) is 1. The van der Waals surface area contributed by atoms with Crippen LogP contribution in [0.1, 0.15) is 17.5 Å². The van der Waals surface area contributed by atoms with E-state index in [0.717, 1.165) is 5.56 Å². The molecular formula is C14H13N5O2. The van der Waals surface area contributed by atoms with Gasteiger partial charge < -0.3 is 15.4 Å². The predicted octanol–water partition coefficient (Wildman–Crippen LogP) is 1.47. The molecule has 1 atom stereocenters. The van der Waals surface area contributed by atoms with Gasteiger partial charge in [0.05, 0.1) is 6.04 Å². The third-order valence-corrected chi connectivity index (χ3v) is 2.96. The Hall–Kier alpha value is -2.80. The number of phenolic OH excluding ortho intramolecular Hbond substituents is 1. The second-order valence-electron chi connectivity index (χ2n) is 4.53. The maximum atomic E-state index is 9.25. The fourth-order valence-corrected chi connectivity index (χ4v) is 1.89. The zero-order valence-electron chi connectivity index (χ0n) is 11.0. The lowest BCUT2D eigenvalue weighted by Gasteiger charge is -2.06. The van der Waals surface area contributed by atoms with Gasteiger partial charge in [0, 0.05) is 6.20 Å². The monoisotopic (exact) mass is 283 g/mol. The molecule has 3 N–H and O–H groups in total. The van der Waals surface area contributed by atoms with E-state index in [9.17, 15) is 5.11 Å². The van der Waals surface area contributed by atoms with Crippen molar-refractivity contribution in [1.29, 1.82) is 0 Å². The summed E-state index contributed by atoms with van der Waals surface area (Å²) < 4.78 is 5.18. The Balaban J connectivity index is 1.75. The summed E-state index contributed by atoms with van der Waals surface area (Å²) in [6.07, 6.45) is 3.56. The summed E-state index contributed by atoms with van der Waals surface area (Å²) in [5, 5.41) is 13.1. The summed E-state index contributed by atoms with van der Waals surface area (Å²) in [5.74, 6) is 0.946. The van der Waals surface area contributed by atoms with Gasteiger partial charge in [-0.25, -0.2) is 9.97 Å². The Morgan fingerprint density at radius 3 is 2.71 bits per heavy atom. The van der Waals surface area contributed by atoms with Crippen LogP contribution in [-0.2, 0) is 6.42 Å². The standard InChI is InChI=1S/C14H13N5O2/c15-11(7-9-1-3-10(20)4-2-9)14-18-13(19-21-14)12-5-6-16-8-17-12/h1-6,8,11,20H,7,15H2/t11-/m1/s1. The van der Waals surface area contributed by atoms with Crippen molar-refractivity contribution in [2.45, 2.75) is 12.5 Å². The molecule has 1 aromatic carbocycles. The van der Waals surface area contributed by atoms with Crippen molar-refractivity contribution >= 4 is 0 Å². The molecule has 2 aromatic heterocycles. The zero-order chi connectivity index (χ0) is 14.7. The van der Waals surface area contributed by atoms with Crippen LogP contribution in [0.3, 0.4) is 0 Å². The molecule has 0 bridgehead atoms. The summed E-state index contributed by atoms with van der Waals surface area (Å²) in [6, 6.07) is 8.11. The van der Waals surface area contributed by atoms with Crippen LogP contribution in [0.5, 0.6) is 5.75 Å². The molecule has 0 fully saturated rings. The van der Waals surface area contributed by atoms with E-state index in [0.29, 0.717) is 23.8 Å². The summed E-state index contributed by atoms with van der Waals surface area (Å²) in [4.78, 5) is 12.1. The summed E-state index contributed by atoms with van der Waals surface area (Å²) in [7, 11) is 0. The molecule has 0 aliphatic rings. The molecule has 0 spiro atoms. The van der Waals surface area contributed by atoms with E-state index < -0.39 is 6.04 Å². The molecule has 106 valence electrons. The Morgan fingerprint density at radius 2 is 2.00 bits per heavy atom. The maximum Gasteiger partial charge on any atom is 0.244 e. The predicted molar refractivity (Wildman–Crippen MR) is 74.1 cm³/mol. The number of aromatic hydroxyl groups is 1. The number of phenols is 1. The van der Waals surface area contributed by atoms with Crippen LogP contribution in [-0.4, -0.2) is 25.2 Å². The molecule has 0 unspecified atom stereocenters. The third kappa shape index (κ3) is 3.03. The van der Waals surface area contributed by atoms with Crippen LogP contribution < -0.4 is 5.73 Å². The van der Waals surface area contributed by atoms with E-state index in [1.165, 1.54) is 6.33 Å². The number of rotatable bonds is 4. The molecule has 3 aromatic rings. The quantitative estimate of drug-likeness (QED) is 0.745. The lowest BCUT2D eigenvalue weighted by Crippen LogP contribution is -2.13. The Kier molecular flexibility index (Phi) is 3.57. The lowest BCUT2D eigenvalue weighted by molar-refractivity contribution is 0.354. The topological polar surface area (TPSA) is 111 Å². The minimum Gasteiger partial charge on any atom is -0.508 e. The molecule has 0 saturated heterocycles. The van der Waals surface area contributed by atoms with Gasteiger partial charge in [0.1, 0.15) is 17.8 Å². The molecule has 2 heterocycles. The average molecular weight is 283 g/mol. The summed E-state index contributed by atoms with van der Waals surface area (Å²) >= 11 is 0. The normalized spacial score (nSPS) is 12.2. The van der Waals surface area contributed by atoms with Crippen molar-refractivity contribution in [2.24, 2.45) is 5.73 Å². The first-order chi connectivity index (χ1) is 10.2. The maximum absolute atomic E-state index is 9.25. The molecule has 0 amide bonds. The Bertz CT molecular complexity index is 712. The van der Waals surface area contributed by atoms with Crippen molar-refractivity contribution in [1.82, 2.24) is 20.1 Å². The highest BCUT2D eigenvalue weighted by Gasteiger charge is 2.16. The van der Waals surface area contributed by atoms with Gasteiger partial charge in [-0.2, -0.15) is 4.98 Å². The number of hydrogen-bond donors (Lipinski definition) is 2. The van der Waals surface area contributed by atoms with E-state index in [4.69, 9.17) is 10.3 Å². The second-order valence-corrected chi connectivity index (χ2v) is 4.53. The van der Waals surface area contributed by atoms with Gasteiger partial charge in [0.15, 0.2) is 0 Å². The van der Waals surface area contributed by atoms with Gasteiger partial charge in [0.2, 0.25) is 11.7 Å². The Morgan fingerprint density at radius 1 is 1.19 bits per heavy atom. The van der Waals surface area contributed by atoms with Gasteiger partial charge in [-0.15, -0.1) is 0 Å². The first-order valence-corrected chi connectivity index (χ1v) is 6.36. The minimum absolute atomic E-state index is 0.219.